The van der Waals surface area contributed by atoms with Crippen LogP contribution in [0.5, 0.6) is 0 Å². The number of halogens is 2. The molecule has 1 amide bonds. The van der Waals surface area contributed by atoms with Crippen molar-refractivity contribution in [2.75, 3.05) is 23.1 Å². The molecule has 0 saturated carbocycles. The van der Waals surface area contributed by atoms with Gasteiger partial charge < -0.3 is 15.3 Å². The minimum Gasteiger partial charge on any atom is -0.465 e. The lowest BCUT2D eigenvalue weighted by molar-refractivity contribution is 0.102. The third kappa shape index (κ3) is 6.71. The van der Waals surface area contributed by atoms with Crippen molar-refractivity contribution >= 4 is 38.7 Å². The van der Waals surface area contributed by atoms with Crippen molar-refractivity contribution in [3.8, 4) is 11.1 Å². The number of carbonyl (C=O) groups is 1. The maximum Gasteiger partial charge on any atom is 0.407 e. The molecule has 1 aliphatic heterocycles. The van der Waals surface area contributed by atoms with Gasteiger partial charge in [0, 0.05) is 30.6 Å². The highest BCUT2D eigenvalue weighted by Gasteiger charge is 2.30. The number of aromatic nitrogens is 2. The summed E-state index contributed by atoms with van der Waals surface area (Å²) in [6.45, 7) is 1.93. The van der Waals surface area contributed by atoms with E-state index in [1.165, 1.54) is 12.1 Å². The zero-order valence-electron chi connectivity index (χ0n) is 22.2. The smallest absolute Gasteiger partial charge is 0.407 e. The van der Waals surface area contributed by atoms with Gasteiger partial charge in [-0.05, 0) is 52.9 Å². The second-order valence-electron chi connectivity index (χ2n) is 10.0. The Morgan fingerprint density at radius 2 is 1.88 bits per heavy atom. The number of fused-ring (bicyclic) bond motifs is 1. The maximum atomic E-state index is 15.1. The molecule has 0 radical (unpaired) electrons. The van der Waals surface area contributed by atoms with E-state index in [0.29, 0.717) is 34.0 Å². The zero-order valence-corrected chi connectivity index (χ0v) is 23.0. The number of likely N-dealkylation sites (tertiary alicyclic amines) is 1. The lowest BCUT2D eigenvalue weighted by atomic mass is 9.98. The average molecular weight is 582 g/mol. The van der Waals surface area contributed by atoms with E-state index < -0.39 is 34.1 Å². The molecule has 12 heteroatoms. The molecular weight excluding hydrogens is 552 g/mol. The van der Waals surface area contributed by atoms with E-state index in [1.54, 1.807) is 42.6 Å². The van der Waals surface area contributed by atoms with Crippen molar-refractivity contribution in [1.82, 2.24) is 14.9 Å². The monoisotopic (exact) mass is 581 g/mol. The van der Waals surface area contributed by atoms with E-state index in [-0.39, 0.29) is 36.9 Å². The van der Waals surface area contributed by atoms with Crippen molar-refractivity contribution in [3.63, 3.8) is 0 Å². The number of hydrogen-bond donors (Lipinski definition) is 3. The fraction of sp³-hybridized carbons (Fsp3) is 0.276. The van der Waals surface area contributed by atoms with Gasteiger partial charge in [-0.3, -0.25) is 4.72 Å². The van der Waals surface area contributed by atoms with E-state index in [0.717, 1.165) is 10.5 Å². The van der Waals surface area contributed by atoms with E-state index in [4.69, 9.17) is 0 Å². The topological polar surface area (TPSA) is 125 Å². The summed E-state index contributed by atoms with van der Waals surface area (Å²) in [5.74, 6) is -0.715. The third-order valence-electron chi connectivity index (χ3n) is 6.91. The van der Waals surface area contributed by atoms with Crippen LogP contribution in [0.15, 0.2) is 66.9 Å². The molecule has 0 bridgehead atoms. The lowest BCUT2D eigenvalue weighted by Crippen LogP contribution is -2.49. The second-order valence-corrected chi connectivity index (χ2v) is 11.7. The summed E-state index contributed by atoms with van der Waals surface area (Å²) >= 11 is 0. The fourth-order valence-corrected chi connectivity index (χ4v) is 6.18. The summed E-state index contributed by atoms with van der Waals surface area (Å²) in [6, 6.07) is 16.2. The molecule has 9 nitrogen and oxygen atoms in total. The molecule has 0 spiro atoms. The first-order valence-corrected chi connectivity index (χ1v) is 14.8. The molecule has 1 aromatic heterocycles. The molecule has 2 atom stereocenters. The van der Waals surface area contributed by atoms with Crippen LogP contribution in [0, 0.1) is 5.82 Å². The Kier molecular flexibility index (Phi) is 8.02. The van der Waals surface area contributed by atoms with Crippen LogP contribution in [-0.4, -0.2) is 59.8 Å². The number of anilines is 2. The predicted molar refractivity (Wildman–Crippen MR) is 154 cm³/mol. The summed E-state index contributed by atoms with van der Waals surface area (Å²) in [4.78, 5) is 21.3. The zero-order chi connectivity index (χ0) is 29.1. The summed E-state index contributed by atoms with van der Waals surface area (Å²) in [5.41, 5.74) is 3.25. The SMILES string of the molecule is CCc1cc(-c2ccc(NS(=O)(=O)Cc3ccccc3)c(F)c2)cc2cnc(NC3CC(F)CN(C(=O)O)C3)nc12. The van der Waals surface area contributed by atoms with Crippen LogP contribution in [0.3, 0.4) is 0 Å². The van der Waals surface area contributed by atoms with Crippen LogP contribution in [0.1, 0.15) is 24.5 Å². The van der Waals surface area contributed by atoms with Crippen molar-refractivity contribution in [2.24, 2.45) is 0 Å². The van der Waals surface area contributed by atoms with Crippen LogP contribution < -0.4 is 10.0 Å². The largest absolute Gasteiger partial charge is 0.465 e. The number of piperidine rings is 1. The summed E-state index contributed by atoms with van der Waals surface area (Å²) in [6.07, 6.45) is -0.0792. The lowest BCUT2D eigenvalue weighted by Gasteiger charge is -2.33. The number of nitrogens with one attached hydrogen (secondary N) is 2. The van der Waals surface area contributed by atoms with Gasteiger partial charge in [0.15, 0.2) is 0 Å². The van der Waals surface area contributed by atoms with Crippen LogP contribution in [-0.2, 0) is 22.2 Å². The van der Waals surface area contributed by atoms with Gasteiger partial charge in [0.25, 0.3) is 0 Å². The highest BCUT2D eigenvalue weighted by atomic mass is 32.2. The Labute approximate surface area is 236 Å². The summed E-state index contributed by atoms with van der Waals surface area (Å²) < 4.78 is 56.6. The molecule has 5 rings (SSSR count). The molecular formula is C29H29F2N5O4S. The van der Waals surface area contributed by atoms with Crippen molar-refractivity contribution in [1.29, 1.82) is 0 Å². The number of alkyl halides is 1. The molecule has 1 aliphatic rings. The van der Waals surface area contributed by atoms with Gasteiger partial charge in [0.1, 0.15) is 12.0 Å². The van der Waals surface area contributed by atoms with Crippen LogP contribution >= 0.6 is 0 Å². The molecule has 1 saturated heterocycles. The van der Waals surface area contributed by atoms with Crippen LogP contribution in [0.4, 0.5) is 25.2 Å². The third-order valence-corrected chi connectivity index (χ3v) is 8.16. The number of benzene rings is 3. The highest BCUT2D eigenvalue weighted by Crippen LogP contribution is 2.30. The predicted octanol–water partition coefficient (Wildman–Crippen LogP) is 5.44. The van der Waals surface area contributed by atoms with Crippen molar-refractivity contribution in [3.05, 3.63) is 83.8 Å². The number of nitrogens with zero attached hydrogens (tertiary/aromatic N) is 3. The Hall–Kier alpha value is -4.32. The Morgan fingerprint density at radius 1 is 1.10 bits per heavy atom. The molecule has 3 N–H and O–H groups in total. The minimum atomic E-state index is -3.82. The normalized spacial score (nSPS) is 17.4. The number of amides is 1. The van der Waals surface area contributed by atoms with Crippen LogP contribution in [0.2, 0.25) is 0 Å². The first-order chi connectivity index (χ1) is 19.6. The number of sulfonamides is 1. The summed E-state index contributed by atoms with van der Waals surface area (Å²) in [5, 5.41) is 13.0. The Morgan fingerprint density at radius 3 is 2.59 bits per heavy atom. The number of carboxylic acid groups (broad SMARTS) is 1. The molecule has 0 aliphatic carbocycles. The summed E-state index contributed by atoms with van der Waals surface area (Å²) in [7, 11) is -3.82. The molecule has 4 aromatic rings. The van der Waals surface area contributed by atoms with E-state index in [2.05, 4.69) is 20.0 Å². The number of hydrogen-bond acceptors (Lipinski definition) is 6. The molecule has 214 valence electrons. The standard InChI is InChI=1S/C29H29F2N5O4S/c1-2-19-10-21(20-8-9-26(25(31)12-20)35-41(39,40)17-18-6-4-3-5-7-18)11-22-14-32-28(34-27(19)22)33-24-13-23(30)15-36(16-24)29(37)38/h3-12,14,23-24,35H,2,13,15-17H2,1H3,(H,37,38)(H,32,33,34). The Balaban J connectivity index is 1.36. The van der Waals surface area contributed by atoms with Gasteiger partial charge in [-0.25, -0.2) is 32.0 Å². The van der Waals surface area contributed by atoms with E-state index >= 15 is 4.39 Å². The first-order valence-electron chi connectivity index (χ1n) is 13.1. The Bertz CT molecular complexity index is 1690. The molecule has 41 heavy (non-hydrogen) atoms. The minimum absolute atomic E-state index is 0.126. The molecule has 1 fully saturated rings. The van der Waals surface area contributed by atoms with Gasteiger partial charge in [0.05, 0.1) is 23.5 Å². The highest BCUT2D eigenvalue weighted by molar-refractivity contribution is 7.91. The molecule has 2 heterocycles. The maximum absolute atomic E-state index is 15.1. The van der Waals surface area contributed by atoms with Crippen molar-refractivity contribution in [2.45, 2.75) is 37.7 Å². The second kappa shape index (κ2) is 11.7. The van der Waals surface area contributed by atoms with Crippen LogP contribution in [0.25, 0.3) is 22.0 Å². The van der Waals surface area contributed by atoms with Gasteiger partial charge in [-0.1, -0.05) is 43.3 Å². The van der Waals surface area contributed by atoms with E-state index in [1.807, 2.05) is 19.1 Å². The van der Waals surface area contributed by atoms with Gasteiger partial charge >= 0.3 is 6.09 Å². The number of aryl methyl sites for hydroxylation is 1. The quantitative estimate of drug-likeness (QED) is 0.253. The first kappa shape index (κ1) is 28.2. The molecule has 3 aromatic carbocycles. The van der Waals surface area contributed by atoms with E-state index in [9.17, 15) is 22.7 Å². The number of rotatable bonds is 8. The van der Waals surface area contributed by atoms with Gasteiger partial charge in [-0.15, -0.1) is 0 Å². The fourth-order valence-electron chi connectivity index (χ4n) is 4.98. The van der Waals surface area contributed by atoms with Gasteiger partial charge in [0.2, 0.25) is 16.0 Å². The average Bonchev–Trinajstić information content (AvgIpc) is 2.93. The van der Waals surface area contributed by atoms with Crippen molar-refractivity contribution < 1.29 is 27.1 Å². The molecule has 2 unspecified atom stereocenters. The van der Waals surface area contributed by atoms with Gasteiger partial charge in [-0.2, -0.15) is 0 Å².